The number of nitrogens with zero attached hydrogens (tertiary/aromatic N) is 1. The molecule has 0 aromatic heterocycles. The number of hydrogen-bond acceptors (Lipinski definition) is 4. The summed E-state index contributed by atoms with van der Waals surface area (Å²) in [6, 6.07) is 14.0. The molecule has 1 unspecified atom stereocenters. The summed E-state index contributed by atoms with van der Waals surface area (Å²) in [6.45, 7) is 0. The maximum atomic E-state index is 12.5. The standard InChI is InChI=1S/C18H22N6O2/c19-15(12-7-4-8-13(10-12)23-18(21)22)17(26)24-14(16(20)25)9-11-5-2-1-3-6-11/h1-8,10,14-15H,9,19H2,(H2,20,25)(H,24,26)(H4,21,22,23)/t14-,15?/m0/s1. The number of benzene rings is 2. The Morgan fingerprint density at radius 2 is 1.69 bits per heavy atom. The minimum atomic E-state index is -0.998. The van der Waals surface area contributed by atoms with Gasteiger partial charge in [0.05, 0.1) is 5.69 Å². The maximum absolute atomic E-state index is 12.5. The number of aliphatic imine (C=N–C) groups is 1. The first-order chi connectivity index (χ1) is 12.4. The fraction of sp³-hybridized carbons (Fsp3) is 0.167. The van der Waals surface area contributed by atoms with E-state index in [1.54, 1.807) is 24.3 Å². The first-order valence-electron chi connectivity index (χ1n) is 7.95. The molecule has 2 rings (SSSR count). The van der Waals surface area contributed by atoms with E-state index in [-0.39, 0.29) is 12.4 Å². The molecule has 8 nitrogen and oxygen atoms in total. The molecule has 0 aliphatic carbocycles. The van der Waals surface area contributed by atoms with Crippen LogP contribution in [0.1, 0.15) is 17.2 Å². The van der Waals surface area contributed by atoms with Crippen molar-refractivity contribution in [2.75, 3.05) is 0 Å². The molecule has 2 atom stereocenters. The number of guanidine groups is 1. The van der Waals surface area contributed by atoms with Gasteiger partial charge in [0.15, 0.2) is 5.96 Å². The highest BCUT2D eigenvalue weighted by Gasteiger charge is 2.23. The molecule has 8 heteroatoms. The van der Waals surface area contributed by atoms with Gasteiger partial charge in [-0.3, -0.25) is 9.59 Å². The zero-order chi connectivity index (χ0) is 19.1. The molecule has 0 heterocycles. The summed E-state index contributed by atoms with van der Waals surface area (Å²) >= 11 is 0. The van der Waals surface area contributed by atoms with Crippen molar-refractivity contribution in [3.05, 3.63) is 65.7 Å². The average molecular weight is 354 g/mol. The lowest BCUT2D eigenvalue weighted by molar-refractivity contribution is -0.128. The third-order valence-electron chi connectivity index (χ3n) is 3.71. The Labute approximate surface area is 151 Å². The molecule has 0 aliphatic rings. The monoisotopic (exact) mass is 354 g/mol. The predicted octanol–water partition coefficient (Wildman–Crippen LogP) is -0.196. The molecule has 2 aromatic rings. The molecular weight excluding hydrogens is 332 g/mol. The van der Waals surface area contributed by atoms with E-state index in [4.69, 9.17) is 22.9 Å². The van der Waals surface area contributed by atoms with E-state index in [1.165, 1.54) is 0 Å². The Morgan fingerprint density at radius 1 is 1.00 bits per heavy atom. The number of rotatable bonds is 7. The number of carbonyl (C=O) groups excluding carboxylic acids is 2. The minimum absolute atomic E-state index is 0.100. The first-order valence-corrected chi connectivity index (χ1v) is 7.95. The van der Waals surface area contributed by atoms with Gasteiger partial charge in [0.2, 0.25) is 11.8 Å². The summed E-state index contributed by atoms with van der Waals surface area (Å²) in [5.41, 5.74) is 24.0. The molecule has 0 saturated carbocycles. The Kier molecular flexibility index (Phi) is 6.29. The average Bonchev–Trinajstić information content (AvgIpc) is 2.61. The highest BCUT2D eigenvalue weighted by atomic mass is 16.2. The maximum Gasteiger partial charge on any atom is 0.242 e. The molecule has 0 bridgehead atoms. The van der Waals surface area contributed by atoms with E-state index in [0.717, 1.165) is 5.56 Å². The lowest BCUT2D eigenvalue weighted by Crippen LogP contribution is -2.48. The van der Waals surface area contributed by atoms with Gasteiger partial charge in [-0.2, -0.15) is 0 Å². The van der Waals surface area contributed by atoms with Gasteiger partial charge in [-0.1, -0.05) is 42.5 Å². The van der Waals surface area contributed by atoms with E-state index < -0.39 is 23.9 Å². The summed E-state index contributed by atoms with van der Waals surface area (Å²) in [5.74, 6) is -1.26. The predicted molar refractivity (Wildman–Crippen MR) is 100 cm³/mol. The van der Waals surface area contributed by atoms with Gasteiger partial charge in [0, 0.05) is 6.42 Å². The van der Waals surface area contributed by atoms with Crippen LogP contribution >= 0.6 is 0 Å². The number of amides is 2. The van der Waals surface area contributed by atoms with Crippen LogP contribution in [0.15, 0.2) is 59.6 Å². The van der Waals surface area contributed by atoms with E-state index in [9.17, 15) is 9.59 Å². The second kappa shape index (κ2) is 8.63. The van der Waals surface area contributed by atoms with Crippen LogP contribution < -0.4 is 28.3 Å². The van der Waals surface area contributed by atoms with Gasteiger partial charge in [-0.25, -0.2) is 4.99 Å². The van der Waals surface area contributed by atoms with E-state index in [0.29, 0.717) is 11.3 Å². The van der Waals surface area contributed by atoms with Crippen molar-refractivity contribution in [2.45, 2.75) is 18.5 Å². The number of carbonyl (C=O) groups is 2. The van der Waals surface area contributed by atoms with Crippen LogP contribution in [-0.4, -0.2) is 23.8 Å². The van der Waals surface area contributed by atoms with E-state index in [1.807, 2.05) is 30.3 Å². The topological polar surface area (TPSA) is 163 Å². The van der Waals surface area contributed by atoms with Gasteiger partial charge in [0.25, 0.3) is 0 Å². The van der Waals surface area contributed by atoms with Crippen LogP contribution in [0.4, 0.5) is 5.69 Å². The number of hydrogen-bond donors (Lipinski definition) is 5. The fourth-order valence-electron chi connectivity index (χ4n) is 2.42. The molecule has 0 radical (unpaired) electrons. The Bertz CT molecular complexity index is 802. The van der Waals surface area contributed by atoms with E-state index in [2.05, 4.69) is 10.3 Å². The van der Waals surface area contributed by atoms with Crippen LogP contribution in [-0.2, 0) is 16.0 Å². The summed E-state index contributed by atoms with van der Waals surface area (Å²) in [5, 5.41) is 2.60. The number of nitrogens with one attached hydrogen (secondary N) is 1. The third kappa shape index (κ3) is 5.32. The minimum Gasteiger partial charge on any atom is -0.370 e. The van der Waals surface area contributed by atoms with Crippen molar-refractivity contribution in [1.29, 1.82) is 0 Å². The van der Waals surface area contributed by atoms with Crippen molar-refractivity contribution < 1.29 is 9.59 Å². The highest BCUT2D eigenvalue weighted by Crippen LogP contribution is 2.18. The molecule has 0 aliphatic heterocycles. The molecule has 0 spiro atoms. The normalized spacial score (nSPS) is 12.7. The van der Waals surface area contributed by atoms with Gasteiger partial charge >= 0.3 is 0 Å². The van der Waals surface area contributed by atoms with Crippen molar-refractivity contribution >= 4 is 23.5 Å². The molecule has 2 aromatic carbocycles. The van der Waals surface area contributed by atoms with Crippen molar-refractivity contribution in [3.63, 3.8) is 0 Å². The Balaban J connectivity index is 2.11. The fourth-order valence-corrected chi connectivity index (χ4v) is 2.42. The van der Waals surface area contributed by atoms with Crippen molar-refractivity contribution in [1.82, 2.24) is 5.32 Å². The summed E-state index contributed by atoms with van der Waals surface area (Å²) < 4.78 is 0. The largest absolute Gasteiger partial charge is 0.370 e. The summed E-state index contributed by atoms with van der Waals surface area (Å²) in [6.07, 6.45) is 0.280. The number of nitrogens with two attached hydrogens (primary N) is 4. The van der Waals surface area contributed by atoms with Crippen LogP contribution in [0.5, 0.6) is 0 Å². The second-order valence-electron chi connectivity index (χ2n) is 5.76. The quantitative estimate of drug-likeness (QED) is 0.343. The Hall–Kier alpha value is -3.39. The molecule has 9 N–H and O–H groups in total. The van der Waals surface area contributed by atoms with Gasteiger partial charge < -0.3 is 28.3 Å². The van der Waals surface area contributed by atoms with Gasteiger partial charge in [-0.15, -0.1) is 0 Å². The molecule has 26 heavy (non-hydrogen) atoms. The SMILES string of the molecule is NC(=O)[C@H](Cc1ccccc1)NC(=O)C(N)c1cccc(N=C(N)N)c1. The molecule has 0 fully saturated rings. The second-order valence-corrected chi connectivity index (χ2v) is 5.76. The van der Waals surface area contributed by atoms with Crippen LogP contribution in [0.2, 0.25) is 0 Å². The molecule has 2 amide bonds. The zero-order valence-electron chi connectivity index (χ0n) is 14.1. The van der Waals surface area contributed by atoms with Crippen molar-refractivity contribution in [3.8, 4) is 0 Å². The van der Waals surface area contributed by atoms with Crippen LogP contribution in [0, 0.1) is 0 Å². The zero-order valence-corrected chi connectivity index (χ0v) is 14.1. The highest BCUT2D eigenvalue weighted by molar-refractivity contribution is 5.90. The van der Waals surface area contributed by atoms with Gasteiger partial charge in [-0.05, 0) is 23.3 Å². The lowest BCUT2D eigenvalue weighted by Gasteiger charge is -2.19. The number of primary amides is 1. The first kappa shape index (κ1) is 18.9. The Morgan fingerprint density at radius 3 is 2.31 bits per heavy atom. The smallest absolute Gasteiger partial charge is 0.242 e. The summed E-state index contributed by atoms with van der Waals surface area (Å²) in [7, 11) is 0. The molecule has 136 valence electrons. The third-order valence-corrected chi connectivity index (χ3v) is 3.71. The lowest BCUT2D eigenvalue weighted by atomic mass is 10.0. The summed E-state index contributed by atoms with van der Waals surface area (Å²) in [4.78, 5) is 28.1. The van der Waals surface area contributed by atoms with Gasteiger partial charge in [0.1, 0.15) is 12.1 Å². The molecule has 0 saturated heterocycles. The van der Waals surface area contributed by atoms with E-state index >= 15 is 0 Å². The van der Waals surface area contributed by atoms with Crippen LogP contribution in [0.25, 0.3) is 0 Å². The van der Waals surface area contributed by atoms with Crippen molar-refractivity contribution in [2.24, 2.45) is 27.9 Å². The van der Waals surface area contributed by atoms with Crippen LogP contribution in [0.3, 0.4) is 0 Å². The molecular formula is C18H22N6O2.